The average molecular weight is 383 g/mol. The molecule has 2 N–H and O–H groups in total. The number of nitrogens with one attached hydrogen (secondary N) is 2. The van der Waals surface area contributed by atoms with Crippen molar-refractivity contribution in [3.05, 3.63) is 66.4 Å². The molecule has 0 saturated carbocycles. The number of aryl methyl sites for hydroxylation is 1. The van der Waals surface area contributed by atoms with Crippen molar-refractivity contribution in [3.8, 4) is 0 Å². The number of nitrogens with zero attached hydrogens (tertiary/aromatic N) is 3. The van der Waals surface area contributed by atoms with Crippen LogP contribution in [0.5, 0.6) is 0 Å². The zero-order chi connectivity index (χ0) is 19.4. The highest BCUT2D eigenvalue weighted by molar-refractivity contribution is 7.92. The van der Waals surface area contributed by atoms with Gasteiger partial charge in [-0.05, 0) is 43.3 Å². The molecule has 0 spiro atoms. The summed E-state index contributed by atoms with van der Waals surface area (Å²) in [4.78, 5) is 10.9. The first-order valence-corrected chi connectivity index (χ1v) is 9.80. The molecule has 1 aromatic heterocycles. The van der Waals surface area contributed by atoms with E-state index in [4.69, 9.17) is 0 Å². The summed E-state index contributed by atoms with van der Waals surface area (Å²) in [5, 5.41) is 3.14. The van der Waals surface area contributed by atoms with Crippen LogP contribution in [0.4, 0.5) is 23.1 Å². The van der Waals surface area contributed by atoms with Crippen LogP contribution < -0.4 is 14.9 Å². The summed E-state index contributed by atoms with van der Waals surface area (Å²) in [7, 11) is 0.225. The predicted molar refractivity (Wildman–Crippen MR) is 108 cm³/mol. The van der Waals surface area contributed by atoms with Gasteiger partial charge in [0.2, 0.25) is 5.95 Å². The third kappa shape index (κ3) is 4.73. The molecule has 7 nitrogen and oxygen atoms in total. The average Bonchev–Trinajstić information content (AvgIpc) is 2.63. The summed E-state index contributed by atoms with van der Waals surface area (Å²) in [5.74, 6) is 1.29. The van der Waals surface area contributed by atoms with Crippen LogP contribution >= 0.6 is 0 Å². The van der Waals surface area contributed by atoms with Crippen molar-refractivity contribution in [2.45, 2.75) is 11.8 Å². The van der Waals surface area contributed by atoms with Crippen LogP contribution in [0.25, 0.3) is 0 Å². The largest absolute Gasteiger partial charge is 0.363 e. The molecule has 8 heteroatoms. The topological polar surface area (TPSA) is 87.2 Å². The van der Waals surface area contributed by atoms with Gasteiger partial charge in [0.15, 0.2) is 0 Å². The lowest BCUT2D eigenvalue weighted by Gasteiger charge is -2.14. The molecule has 0 fully saturated rings. The summed E-state index contributed by atoms with van der Waals surface area (Å²) in [6.07, 6.45) is 0. The van der Waals surface area contributed by atoms with E-state index in [2.05, 4.69) is 20.0 Å². The van der Waals surface area contributed by atoms with E-state index in [-0.39, 0.29) is 4.90 Å². The van der Waals surface area contributed by atoms with Gasteiger partial charge >= 0.3 is 0 Å². The minimum Gasteiger partial charge on any atom is -0.363 e. The van der Waals surface area contributed by atoms with Gasteiger partial charge < -0.3 is 10.2 Å². The summed E-state index contributed by atoms with van der Waals surface area (Å²) in [6.45, 7) is 1.90. The van der Waals surface area contributed by atoms with E-state index < -0.39 is 10.0 Å². The zero-order valence-electron chi connectivity index (χ0n) is 15.3. The SMILES string of the molecule is Cc1cc(N(C)C)nc(Nc2ccc(NS(=O)(=O)c3ccccc3)cc2)n1. The Balaban J connectivity index is 1.75. The van der Waals surface area contributed by atoms with Crippen LogP contribution in [0.3, 0.4) is 0 Å². The van der Waals surface area contributed by atoms with Crippen molar-refractivity contribution in [2.75, 3.05) is 29.0 Å². The highest BCUT2D eigenvalue weighted by Crippen LogP contribution is 2.21. The standard InChI is InChI=1S/C19H21N5O2S/c1-14-13-18(24(2)3)22-19(20-14)21-15-9-11-16(12-10-15)23-27(25,26)17-7-5-4-6-8-17/h4-13,23H,1-3H3,(H,20,21,22). The first-order chi connectivity index (χ1) is 12.8. The van der Waals surface area contributed by atoms with E-state index in [9.17, 15) is 8.42 Å². The lowest BCUT2D eigenvalue weighted by atomic mass is 10.3. The minimum absolute atomic E-state index is 0.219. The van der Waals surface area contributed by atoms with Crippen LogP contribution in [0, 0.1) is 6.92 Å². The summed E-state index contributed by atoms with van der Waals surface area (Å²) < 4.78 is 27.3. The maximum absolute atomic E-state index is 12.4. The second-order valence-corrected chi connectivity index (χ2v) is 7.89. The lowest BCUT2D eigenvalue weighted by Crippen LogP contribution is -2.13. The molecule has 2 aromatic carbocycles. The number of rotatable bonds is 6. The van der Waals surface area contributed by atoms with E-state index in [1.54, 1.807) is 54.6 Å². The molecule has 0 bridgehead atoms. The van der Waals surface area contributed by atoms with Crippen LogP contribution in [0.15, 0.2) is 65.6 Å². The maximum Gasteiger partial charge on any atom is 0.261 e. The number of aromatic nitrogens is 2. The maximum atomic E-state index is 12.4. The second-order valence-electron chi connectivity index (χ2n) is 6.21. The normalized spacial score (nSPS) is 11.1. The van der Waals surface area contributed by atoms with Crippen molar-refractivity contribution >= 4 is 33.2 Å². The molecular formula is C19H21N5O2S. The number of anilines is 4. The molecule has 3 aromatic rings. The summed E-state index contributed by atoms with van der Waals surface area (Å²) in [6, 6.07) is 17.0. The Morgan fingerprint density at radius 3 is 2.15 bits per heavy atom. The van der Waals surface area contributed by atoms with Crippen LogP contribution in [0.2, 0.25) is 0 Å². The summed E-state index contributed by atoms with van der Waals surface area (Å²) >= 11 is 0. The molecule has 0 saturated heterocycles. The molecular weight excluding hydrogens is 362 g/mol. The molecule has 0 radical (unpaired) electrons. The van der Waals surface area contributed by atoms with Crippen molar-refractivity contribution in [1.82, 2.24) is 9.97 Å². The predicted octanol–water partition coefficient (Wildman–Crippen LogP) is 3.40. The lowest BCUT2D eigenvalue weighted by molar-refractivity contribution is 0.601. The molecule has 0 aliphatic heterocycles. The van der Waals surface area contributed by atoms with Crippen molar-refractivity contribution in [2.24, 2.45) is 0 Å². The van der Waals surface area contributed by atoms with Crippen molar-refractivity contribution < 1.29 is 8.42 Å². The number of hydrogen-bond acceptors (Lipinski definition) is 6. The third-order valence-electron chi connectivity index (χ3n) is 3.75. The fourth-order valence-electron chi connectivity index (χ4n) is 2.40. The Morgan fingerprint density at radius 2 is 1.52 bits per heavy atom. The van der Waals surface area contributed by atoms with Gasteiger partial charge in [0, 0.05) is 37.2 Å². The van der Waals surface area contributed by atoms with Gasteiger partial charge in [-0.3, -0.25) is 4.72 Å². The summed E-state index contributed by atoms with van der Waals surface area (Å²) in [5.41, 5.74) is 2.08. The highest BCUT2D eigenvalue weighted by Gasteiger charge is 2.13. The quantitative estimate of drug-likeness (QED) is 0.678. The Bertz CT molecular complexity index is 1020. The first kappa shape index (κ1) is 18.7. The minimum atomic E-state index is -3.61. The van der Waals surface area contributed by atoms with Gasteiger partial charge in [-0.15, -0.1) is 0 Å². The number of hydrogen-bond donors (Lipinski definition) is 2. The van der Waals surface area contributed by atoms with Gasteiger partial charge in [-0.25, -0.2) is 13.4 Å². The van der Waals surface area contributed by atoms with Gasteiger partial charge in [0.05, 0.1) is 4.90 Å². The van der Waals surface area contributed by atoms with Crippen molar-refractivity contribution in [3.63, 3.8) is 0 Å². The number of benzene rings is 2. The third-order valence-corrected chi connectivity index (χ3v) is 5.14. The molecule has 0 atom stereocenters. The van der Waals surface area contributed by atoms with Crippen molar-refractivity contribution in [1.29, 1.82) is 0 Å². The smallest absolute Gasteiger partial charge is 0.261 e. The Kier molecular flexibility index (Phi) is 5.27. The van der Waals surface area contributed by atoms with Gasteiger partial charge in [-0.2, -0.15) is 4.98 Å². The molecule has 0 amide bonds. The fraction of sp³-hybridized carbons (Fsp3) is 0.158. The van der Waals surface area contributed by atoms with E-state index in [0.29, 0.717) is 11.6 Å². The molecule has 0 unspecified atom stereocenters. The molecule has 1 heterocycles. The van der Waals surface area contributed by atoms with Gasteiger partial charge in [0.25, 0.3) is 10.0 Å². The molecule has 27 heavy (non-hydrogen) atoms. The number of sulfonamides is 1. The Morgan fingerprint density at radius 1 is 0.889 bits per heavy atom. The van der Waals surface area contributed by atoms with Gasteiger partial charge in [0.1, 0.15) is 5.82 Å². The highest BCUT2D eigenvalue weighted by atomic mass is 32.2. The second kappa shape index (κ2) is 7.63. The van der Waals surface area contributed by atoms with Gasteiger partial charge in [-0.1, -0.05) is 18.2 Å². The molecule has 140 valence electrons. The molecule has 0 aliphatic carbocycles. The monoisotopic (exact) mass is 383 g/mol. The van der Waals surface area contributed by atoms with Crippen LogP contribution in [-0.4, -0.2) is 32.5 Å². The first-order valence-electron chi connectivity index (χ1n) is 8.31. The molecule has 0 aliphatic rings. The fourth-order valence-corrected chi connectivity index (χ4v) is 3.48. The van der Waals surface area contributed by atoms with E-state index in [1.165, 1.54) is 0 Å². The van der Waals surface area contributed by atoms with E-state index in [1.807, 2.05) is 32.0 Å². The zero-order valence-corrected chi connectivity index (χ0v) is 16.2. The van der Waals surface area contributed by atoms with E-state index in [0.717, 1.165) is 17.2 Å². The van der Waals surface area contributed by atoms with E-state index >= 15 is 0 Å². The van der Waals surface area contributed by atoms with Crippen LogP contribution in [-0.2, 0) is 10.0 Å². The molecule has 3 rings (SSSR count). The Labute approximate surface area is 159 Å². The Hall–Kier alpha value is -3.13. The van der Waals surface area contributed by atoms with Crippen LogP contribution in [0.1, 0.15) is 5.69 Å².